The highest BCUT2D eigenvalue weighted by Crippen LogP contribution is 2.15. The van der Waals surface area contributed by atoms with Gasteiger partial charge in [-0.1, -0.05) is 63.8 Å². The summed E-state index contributed by atoms with van der Waals surface area (Å²) >= 11 is 0. The number of ketones is 1. The number of carbonyl (C=O) groups excluding carboxylic acids is 1. The summed E-state index contributed by atoms with van der Waals surface area (Å²) in [4.78, 5) is 12.0. The average molecular weight is 217 g/mol. The molecule has 0 aliphatic heterocycles. The number of carbonyl (C=O) groups is 1. The van der Waals surface area contributed by atoms with Gasteiger partial charge in [-0.15, -0.1) is 0 Å². The molecule has 1 radical (unpaired) electrons. The van der Waals surface area contributed by atoms with Crippen LogP contribution in [0.2, 0.25) is 0 Å². The van der Waals surface area contributed by atoms with Gasteiger partial charge in [0.25, 0.3) is 0 Å². The number of unbranched alkanes of at least 4 members (excludes halogenated alkanes) is 3. The highest BCUT2D eigenvalue weighted by Gasteiger charge is 2.13. The summed E-state index contributed by atoms with van der Waals surface area (Å²) in [6.45, 7) is 4.24. The van der Waals surface area contributed by atoms with E-state index in [2.05, 4.69) is 13.0 Å². The van der Waals surface area contributed by atoms with Crippen molar-refractivity contribution >= 4 is 5.78 Å². The molecule has 0 bridgehead atoms. The Balaban J connectivity index is 2.37. The second kappa shape index (κ2) is 7.21. The molecule has 1 rings (SSSR count). The summed E-state index contributed by atoms with van der Waals surface area (Å²) in [5.41, 5.74) is 0.821. The van der Waals surface area contributed by atoms with E-state index < -0.39 is 0 Å². The predicted molar refractivity (Wildman–Crippen MR) is 67.5 cm³/mol. The van der Waals surface area contributed by atoms with Gasteiger partial charge in [0.05, 0.1) is 0 Å². The van der Waals surface area contributed by atoms with Crippen molar-refractivity contribution in [2.75, 3.05) is 0 Å². The molecule has 87 valence electrons. The molecule has 1 aromatic rings. The van der Waals surface area contributed by atoms with Gasteiger partial charge in [-0.3, -0.25) is 4.79 Å². The first-order chi connectivity index (χ1) is 7.75. The predicted octanol–water partition coefficient (Wildman–Crippen LogP) is 4.28. The first-order valence-electron chi connectivity index (χ1n) is 6.26. The number of benzene rings is 1. The summed E-state index contributed by atoms with van der Waals surface area (Å²) in [7, 11) is 0. The molecule has 0 fully saturated rings. The van der Waals surface area contributed by atoms with Crippen molar-refractivity contribution in [3.05, 3.63) is 35.9 Å². The fraction of sp³-hybridized carbons (Fsp3) is 0.533. The number of rotatable bonds is 7. The van der Waals surface area contributed by atoms with E-state index in [-0.39, 0.29) is 11.7 Å². The molecule has 0 spiro atoms. The molecule has 0 heterocycles. The smallest absolute Gasteiger partial charge is 0.165 e. The fourth-order valence-corrected chi connectivity index (χ4v) is 1.84. The highest BCUT2D eigenvalue weighted by atomic mass is 16.1. The lowest BCUT2D eigenvalue weighted by Gasteiger charge is -2.09. The summed E-state index contributed by atoms with van der Waals surface area (Å²) in [6, 6.07) is 10.2. The lowest BCUT2D eigenvalue weighted by atomic mass is 9.94. The summed E-state index contributed by atoms with van der Waals surface area (Å²) in [6.07, 6.45) is 5.95. The summed E-state index contributed by atoms with van der Waals surface area (Å²) in [5.74, 6) is 0.421. The van der Waals surface area contributed by atoms with Gasteiger partial charge in [-0.05, 0) is 12.5 Å². The van der Waals surface area contributed by atoms with Gasteiger partial charge < -0.3 is 0 Å². The maximum atomic E-state index is 12.0. The van der Waals surface area contributed by atoms with Crippen LogP contribution in [0.1, 0.15) is 56.3 Å². The third-order valence-electron chi connectivity index (χ3n) is 2.94. The topological polar surface area (TPSA) is 17.1 Å². The van der Waals surface area contributed by atoms with Gasteiger partial charge in [0.2, 0.25) is 0 Å². The van der Waals surface area contributed by atoms with Crippen LogP contribution in [0.4, 0.5) is 0 Å². The number of Topliss-reactive ketones (excluding diaryl/α,β-unsaturated/α-hetero) is 1. The van der Waals surface area contributed by atoms with Crippen LogP contribution in [0.5, 0.6) is 0 Å². The molecule has 0 aromatic heterocycles. The average Bonchev–Trinajstić information content (AvgIpc) is 2.34. The lowest BCUT2D eigenvalue weighted by molar-refractivity contribution is 0.0922. The van der Waals surface area contributed by atoms with E-state index in [1.165, 1.54) is 25.7 Å². The number of hydrogen-bond donors (Lipinski definition) is 0. The fourth-order valence-electron chi connectivity index (χ4n) is 1.84. The molecule has 0 amide bonds. The Hall–Kier alpha value is -1.11. The first kappa shape index (κ1) is 13.0. The van der Waals surface area contributed by atoms with E-state index in [0.717, 1.165) is 12.0 Å². The van der Waals surface area contributed by atoms with Crippen LogP contribution in [0.25, 0.3) is 0 Å². The van der Waals surface area contributed by atoms with E-state index in [1.54, 1.807) is 12.1 Å². The monoisotopic (exact) mass is 217 g/mol. The second-order valence-electron chi connectivity index (χ2n) is 4.40. The van der Waals surface area contributed by atoms with Crippen molar-refractivity contribution in [1.29, 1.82) is 0 Å². The maximum absolute atomic E-state index is 12.0. The van der Waals surface area contributed by atoms with Gasteiger partial charge in [-0.2, -0.15) is 0 Å². The van der Waals surface area contributed by atoms with Gasteiger partial charge >= 0.3 is 0 Å². The Morgan fingerprint density at radius 3 is 2.56 bits per heavy atom. The van der Waals surface area contributed by atoms with Crippen molar-refractivity contribution in [3.63, 3.8) is 0 Å². The van der Waals surface area contributed by atoms with Crippen molar-refractivity contribution in [1.82, 2.24) is 0 Å². The molecular weight excluding hydrogens is 196 g/mol. The Morgan fingerprint density at radius 1 is 1.25 bits per heavy atom. The summed E-state index contributed by atoms with van der Waals surface area (Å²) < 4.78 is 0. The van der Waals surface area contributed by atoms with Gasteiger partial charge in [0, 0.05) is 11.5 Å². The van der Waals surface area contributed by atoms with Crippen molar-refractivity contribution in [2.45, 2.75) is 46.0 Å². The van der Waals surface area contributed by atoms with E-state index in [4.69, 9.17) is 0 Å². The third-order valence-corrected chi connectivity index (χ3v) is 2.94. The van der Waals surface area contributed by atoms with Crippen molar-refractivity contribution in [2.24, 2.45) is 5.92 Å². The van der Waals surface area contributed by atoms with E-state index >= 15 is 0 Å². The molecule has 0 aliphatic carbocycles. The number of hydrogen-bond acceptors (Lipinski definition) is 1. The lowest BCUT2D eigenvalue weighted by Crippen LogP contribution is -2.11. The minimum Gasteiger partial charge on any atom is -0.294 e. The van der Waals surface area contributed by atoms with Gasteiger partial charge in [0.15, 0.2) is 5.78 Å². The molecule has 1 unspecified atom stereocenters. The van der Waals surface area contributed by atoms with E-state index in [9.17, 15) is 4.79 Å². The Bertz CT molecular complexity index is 302. The SMILES string of the molecule is CCCCCCC(C)C(=O)c1cc[c]cc1. The molecule has 1 atom stereocenters. The molecule has 0 saturated heterocycles. The molecule has 1 aromatic carbocycles. The zero-order chi connectivity index (χ0) is 11.8. The zero-order valence-electron chi connectivity index (χ0n) is 10.3. The first-order valence-corrected chi connectivity index (χ1v) is 6.26. The van der Waals surface area contributed by atoms with Crippen LogP contribution in [-0.2, 0) is 0 Å². The van der Waals surface area contributed by atoms with Crippen LogP contribution in [0.15, 0.2) is 24.3 Å². The van der Waals surface area contributed by atoms with Crippen molar-refractivity contribution in [3.8, 4) is 0 Å². The standard InChI is InChI=1S/C15H21O/c1-3-4-5-7-10-13(2)15(16)14-11-8-6-9-12-14/h8-9,11-13H,3-5,7,10H2,1-2H3. The van der Waals surface area contributed by atoms with Crippen LogP contribution in [0.3, 0.4) is 0 Å². The quantitative estimate of drug-likeness (QED) is 0.492. The molecule has 0 N–H and O–H groups in total. The van der Waals surface area contributed by atoms with E-state index in [0.29, 0.717) is 0 Å². The van der Waals surface area contributed by atoms with Crippen molar-refractivity contribution < 1.29 is 4.79 Å². The molecule has 1 nitrogen and oxygen atoms in total. The molecule has 16 heavy (non-hydrogen) atoms. The van der Waals surface area contributed by atoms with Crippen LogP contribution < -0.4 is 0 Å². The zero-order valence-corrected chi connectivity index (χ0v) is 10.3. The third kappa shape index (κ3) is 4.18. The Morgan fingerprint density at radius 2 is 1.94 bits per heavy atom. The molecule has 1 heteroatoms. The normalized spacial score (nSPS) is 12.4. The minimum atomic E-state index is 0.152. The highest BCUT2D eigenvalue weighted by molar-refractivity contribution is 5.97. The molecule has 0 saturated carbocycles. The van der Waals surface area contributed by atoms with Crippen LogP contribution in [0, 0.1) is 12.0 Å². The van der Waals surface area contributed by atoms with Gasteiger partial charge in [0.1, 0.15) is 0 Å². The largest absolute Gasteiger partial charge is 0.294 e. The Labute approximate surface area is 98.9 Å². The van der Waals surface area contributed by atoms with E-state index in [1.807, 2.05) is 19.1 Å². The van der Waals surface area contributed by atoms with Crippen LogP contribution >= 0.6 is 0 Å². The van der Waals surface area contributed by atoms with Crippen LogP contribution in [-0.4, -0.2) is 5.78 Å². The second-order valence-corrected chi connectivity index (χ2v) is 4.40. The van der Waals surface area contributed by atoms with Gasteiger partial charge in [-0.25, -0.2) is 0 Å². The minimum absolute atomic E-state index is 0.152. The maximum Gasteiger partial charge on any atom is 0.165 e. The summed E-state index contributed by atoms with van der Waals surface area (Å²) in [5, 5.41) is 0. The molecular formula is C15H21O. The Kier molecular flexibility index (Phi) is 5.84. The molecule has 0 aliphatic rings.